The summed E-state index contributed by atoms with van der Waals surface area (Å²) in [6.07, 6.45) is 0. The Bertz CT molecular complexity index is 3580. The second-order valence-corrected chi connectivity index (χ2v) is 16.7. The van der Waals surface area contributed by atoms with Gasteiger partial charge >= 0.3 is 0 Å². The van der Waals surface area contributed by atoms with E-state index < -0.39 is 0 Å². The van der Waals surface area contributed by atoms with Crippen LogP contribution in [0.3, 0.4) is 0 Å². The molecule has 0 N–H and O–H groups in total. The van der Waals surface area contributed by atoms with E-state index in [9.17, 15) is 0 Å². The van der Waals surface area contributed by atoms with Gasteiger partial charge in [-0.3, -0.25) is 0 Å². The van der Waals surface area contributed by atoms with Crippen molar-refractivity contribution in [2.24, 2.45) is 0 Å². The summed E-state index contributed by atoms with van der Waals surface area (Å²) in [6.45, 7) is 0. The van der Waals surface area contributed by atoms with E-state index in [-0.39, 0.29) is 0 Å². The van der Waals surface area contributed by atoms with Crippen LogP contribution >= 0.6 is 11.3 Å². The number of thiophene rings is 1. The van der Waals surface area contributed by atoms with Crippen molar-refractivity contribution in [2.75, 3.05) is 0 Å². The number of aromatic nitrogens is 4. The molecule has 0 spiro atoms. The maximum atomic E-state index is 5.41. The Morgan fingerprint density at radius 2 is 0.806 bits per heavy atom. The van der Waals surface area contributed by atoms with Crippen LogP contribution in [-0.4, -0.2) is 19.5 Å². The molecule has 0 radical (unpaired) electrons. The largest absolute Gasteiger partial charge is 0.308 e. The molecular formula is C57H36N4S. The third-order valence-electron chi connectivity index (χ3n) is 11.9. The normalized spacial score (nSPS) is 11.5. The molecule has 12 rings (SSSR count). The Morgan fingerprint density at radius 3 is 1.52 bits per heavy atom. The molecule has 3 heterocycles. The van der Waals surface area contributed by atoms with E-state index >= 15 is 0 Å². The fraction of sp³-hybridized carbons (Fsp3) is 0. The van der Waals surface area contributed by atoms with Crippen LogP contribution in [0.1, 0.15) is 0 Å². The van der Waals surface area contributed by atoms with E-state index in [1.54, 1.807) is 0 Å². The first-order valence-electron chi connectivity index (χ1n) is 20.8. The Kier molecular flexibility index (Phi) is 8.65. The number of hydrogen-bond acceptors (Lipinski definition) is 4. The van der Waals surface area contributed by atoms with Gasteiger partial charge in [0.05, 0.1) is 16.7 Å². The summed E-state index contributed by atoms with van der Waals surface area (Å²) >= 11 is 1.84. The second kappa shape index (κ2) is 14.9. The number of fused-ring (bicyclic) bond motifs is 6. The SMILES string of the molecule is c1ccc(-c2ccc(-c3nc(-c4ccccc4)nc(-c4ccc(-c5ccccc5)c(-c5ccc6c(c5)sc5ccccc56)c4)n3)c(-n3c4ccccc4c4ccccc43)c2)cc1. The van der Waals surface area contributed by atoms with Gasteiger partial charge in [-0.1, -0.05) is 176 Å². The highest BCUT2D eigenvalue weighted by molar-refractivity contribution is 7.25. The van der Waals surface area contributed by atoms with E-state index in [0.717, 1.165) is 66.8 Å². The molecular weight excluding hydrogens is 773 g/mol. The fourth-order valence-corrected chi connectivity index (χ4v) is 10.1. The van der Waals surface area contributed by atoms with E-state index in [1.165, 1.54) is 30.9 Å². The number of nitrogens with zero attached hydrogens (tertiary/aromatic N) is 4. The molecule has 9 aromatic carbocycles. The lowest BCUT2D eigenvalue weighted by molar-refractivity contribution is 1.06. The summed E-state index contributed by atoms with van der Waals surface area (Å²) in [5, 5.41) is 4.96. The number of rotatable bonds is 7. The molecule has 12 aromatic rings. The molecule has 290 valence electrons. The molecule has 0 aliphatic carbocycles. The Hall–Kier alpha value is -7.99. The van der Waals surface area contributed by atoms with Crippen LogP contribution in [-0.2, 0) is 0 Å². The van der Waals surface area contributed by atoms with Gasteiger partial charge in [-0.15, -0.1) is 11.3 Å². The fourth-order valence-electron chi connectivity index (χ4n) is 8.92. The molecule has 62 heavy (non-hydrogen) atoms. The number of benzene rings is 9. The Balaban J connectivity index is 1.10. The van der Waals surface area contributed by atoms with E-state index in [0.29, 0.717) is 17.5 Å². The molecule has 0 aliphatic rings. The van der Waals surface area contributed by atoms with Crippen LogP contribution in [0, 0.1) is 0 Å². The first-order valence-corrected chi connectivity index (χ1v) is 21.7. The highest BCUT2D eigenvalue weighted by atomic mass is 32.1. The zero-order valence-electron chi connectivity index (χ0n) is 33.5. The molecule has 0 bridgehead atoms. The highest BCUT2D eigenvalue weighted by Gasteiger charge is 2.21. The van der Waals surface area contributed by atoms with Crippen molar-refractivity contribution in [3.05, 3.63) is 218 Å². The van der Waals surface area contributed by atoms with Gasteiger partial charge in [-0.25, -0.2) is 15.0 Å². The molecule has 0 aliphatic heterocycles. The van der Waals surface area contributed by atoms with Crippen LogP contribution in [0.2, 0.25) is 0 Å². The van der Waals surface area contributed by atoms with Crippen molar-refractivity contribution < 1.29 is 0 Å². The smallest absolute Gasteiger partial charge is 0.166 e. The zero-order chi connectivity index (χ0) is 41.0. The lowest BCUT2D eigenvalue weighted by Gasteiger charge is -2.17. The number of para-hydroxylation sites is 2. The summed E-state index contributed by atoms with van der Waals surface area (Å²) in [5.74, 6) is 1.83. The topological polar surface area (TPSA) is 43.6 Å². The zero-order valence-corrected chi connectivity index (χ0v) is 34.3. The predicted molar refractivity (Wildman–Crippen MR) is 260 cm³/mol. The molecule has 0 saturated heterocycles. The minimum Gasteiger partial charge on any atom is -0.308 e. The van der Waals surface area contributed by atoms with Crippen LogP contribution < -0.4 is 0 Å². The molecule has 0 saturated carbocycles. The Labute approximate surface area is 362 Å². The molecule has 5 heteroatoms. The monoisotopic (exact) mass is 808 g/mol. The Morgan fingerprint density at radius 1 is 0.290 bits per heavy atom. The van der Waals surface area contributed by atoms with Gasteiger partial charge in [-0.2, -0.15) is 0 Å². The van der Waals surface area contributed by atoms with Gasteiger partial charge in [0.1, 0.15) is 0 Å². The van der Waals surface area contributed by atoms with Crippen LogP contribution in [0.15, 0.2) is 218 Å². The summed E-state index contributed by atoms with van der Waals surface area (Å²) in [7, 11) is 0. The third kappa shape index (κ3) is 6.18. The van der Waals surface area contributed by atoms with Gasteiger partial charge in [-0.05, 0) is 75.8 Å². The maximum Gasteiger partial charge on any atom is 0.166 e. The van der Waals surface area contributed by atoms with Gasteiger partial charge in [0.25, 0.3) is 0 Å². The number of hydrogen-bond donors (Lipinski definition) is 0. The van der Waals surface area contributed by atoms with Gasteiger partial charge < -0.3 is 4.57 Å². The molecule has 3 aromatic heterocycles. The van der Waals surface area contributed by atoms with Crippen LogP contribution in [0.25, 0.3) is 115 Å². The van der Waals surface area contributed by atoms with Crippen LogP contribution in [0.4, 0.5) is 0 Å². The maximum absolute atomic E-state index is 5.41. The lowest BCUT2D eigenvalue weighted by atomic mass is 9.92. The van der Waals surface area contributed by atoms with Crippen LogP contribution in [0.5, 0.6) is 0 Å². The first kappa shape index (κ1) is 35.9. The average Bonchev–Trinajstić information content (AvgIpc) is 3.90. The van der Waals surface area contributed by atoms with Crippen molar-refractivity contribution in [3.63, 3.8) is 0 Å². The van der Waals surface area contributed by atoms with Crippen molar-refractivity contribution in [1.82, 2.24) is 19.5 Å². The minimum absolute atomic E-state index is 0.603. The van der Waals surface area contributed by atoms with Gasteiger partial charge in [0, 0.05) is 47.6 Å². The van der Waals surface area contributed by atoms with E-state index in [2.05, 4.69) is 205 Å². The van der Waals surface area contributed by atoms with Crippen molar-refractivity contribution in [2.45, 2.75) is 0 Å². The highest BCUT2D eigenvalue weighted by Crippen LogP contribution is 2.42. The summed E-state index contributed by atoms with van der Waals surface area (Å²) in [5.41, 5.74) is 12.8. The van der Waals surface area contributed by atoms with E-state index in [4.69, 9.17) is 15.0 Å². The van der Waals surface area contributed by atoms with Crippen molar-refractivity contribution >= 4 is 53.3 Å². The molecule has 0 unspecified atom stereocenters. The first-order chi connectivity index (χ1) is 30.7. The second-order valence-electron chi connectivity index (χ2n) is 15.6. The predicted octanol–water partition coefficient (Wildman–Crippen LogP) is 15.3. The summed E-state index contributed by atoms with van der Waals surface area (Å²) < 4.78 is 4.92. The van der Waals surface area contributed by atoms with Gasteiger partial charge in [0.2, 0.25) is 0 Å². The van der Waals surface area contributed by atoms with Gasteiger partial charge in [0.15, 0.2) is 17.5 Å². The molecule has 0 fully saturated rings. The summed E-state index contributed by atoms with van der Waals surface area (Å²) in [4.78, 5) is 16.0. The average molecular weight is 809 g/mol. The van der Waals surface area contributed by atoms with E-state index in [1.807, 2.05) is 29.5 Å². The summed E-state index contributed by atoms with van der Waals surface area (Å²) in [6, 6.07) is 77.5. The van der Waals surface area contributed by atoms with Crippen molar-refractivity contribution in [1.29, 1.82) is 0 Å². The molecule has 0 atom stereocenters. The lowest BCUT2D eigenvalue weighted by Crippen LogP contribution is -2.04. The quantitative estimate of drug-likeness (QED) is 0.161. The third-order valence-corrected chi connectivity index (χ3v) is 13.0. The van der Waals surface area contributed by atoms with Crippen molar-refractivity contribution in [3.8, 4) is 73.2 Å². The minimum atomic E-state index is 0.603. The molecule has 4 nitrogen and oxygen atoms in total. The molecule has 0 amide bonds. The standard InChI is InChI=1S/C57H36N4S/c1-4-16-37(17-5-1)40-28-33-48(52(35-40)61-50-25-13-10-22-44(50)45-23-11-14-26-51(45)61)57-59-55(39-20-8-3-9-21-39)58-56(60-57)42-30-31-43(38-18-6-2-7-19-38)49(34-42)41-29-32-47-46-24-12-15-27-53(46)62-54(47)36-41/h1-36H.